The van der Waals surface area contributed by atoms with Crippen molar-refractivity contribution >= 4 is 0 Å². The second-order valence-electron chi connectivity index (χ2n) is 6.00. The zero-order valence-corrected chi connectivity index (χ0v) is 11.7. The van der Waals surface area contributed by atoms with Crippen molar-refractivity contribution in [2.24, 2.45) is 5.92 Å². The summed E-state index contributed by atoms with van der Waals surface area (Å²) in [5, 5.41) is 3.44. The first-order valence-electron chi connectivity index (χ1n) is 7.59. The van der Waals surface area contributed by atoms with E-state index in [1.807, 2.05) is 0 Å². The fraction of sp³-hybridized carbons (Fsp3) is 0.800. The molecule has 1 N–H and O–H groups in total. The minimum atomic E-state index is 0.647. The Morgan fingerprint density at radius 3 is 3.00 bits per heavy atom. The highest BCUT2D eigenvalue weighted by atomic mass is 15.1. The van der Waals surface area contributed by atoms with E-state index in [4.69, 9.17) is 4.98 Å². The number of hydrogen-bond acceptors (Lipinski definition) is 2. The molecule has 1 unspecified atom stereocenters. The molecule has 1 saturated carbocycles. The highest BCUT2D eigenvalue weighted by molar-refractivity contribution is 5.21. The summed E-state index contributed by atoms with van der Waals surface area (Å²) in [7, 11) is 0. The van der Waals surface area contributed by atoms with Crippen LogP contribution in [-0.4, -0.2) is 16.1 Å². The Bertz CT molecular complexity index is 418. The zero-order chi connectivity index (χ0) is 12.5. The van der Waals surface area contributed by atoms with Gasteiger partial charge < -0.3 is 9.88 Å². The maximum atomic E-state index is 4.89. The van der Waals surface area contributed by atoms with E-state index in [1.54, 1.807) is 0 Å². The minimum absolute atomic E-state index is 0.647. The third kappa shape index (κ3) is 2.33. The van der Waals surface area contributed by atoms with Crippen molar-refractivity contribution in [3.05, 3.63) is 17.2 Å². The van der Waals surface area contributed by atoms with E-state index < -0.39 is 0 Å². The molecule has 0 saturated heterocycles. The molecule has 18 heavy (non-hydrogen) atoms. The van der Waals surface area contributed by atoms with Crippen molar-refractivity contribution in [3.63, 3.8) is 0 Å². The van der Waals surface area contributed by atoms with Gasteiger partial charge in [-0.1, -0.05) is 19.8 Å². The van der Waals surface area contributed by atoms with Crippen LogP contribution < -0.4 is 5.32 Å². The van der Waals surface area contributed by atoms with Crippen molar-refractivity contribution < 1.29 is 0 Å². The first-order valence-corrected chi connectivity index (χ1v) is 7.59. The lowest BCUT2D eigenvalue weighted by Gasteiger charge is -2.22. The molecule has 0 radical (unpaired) electrons. The van der Waals surface area contributed by atoms with Gasteiger partial charge in [0.1, 0.15) is 5.82 Å². The Morgan fingerprint density at radius 1 is 1.44 bits per heavy atom. The fourth-order valence-electron chi connectivity index (χ4n) is 3.25. The lowest BCUT2D eigenvalue weighted by molar-refractivity contribution is 0.441. The van der Waals surface area contributed by atoms with Crippen molar-refractivity contribution in [3.8, 4) is 0 Å². The van der Waals surface area contributed by atoms with Gasteiger partial charge in [0.25, 0.3) is 0 Å². The maximum absolute atomic E-state index is 4.89. The summed E-state index contributed by atoms with van der Waals surface area (Å²) in [6, 6.07) is 0.647. The van der Waals surface area contributed by atoms with Crippen LogP contribution in [0.25, 0.3) is 0 Å². The molecule has 1 aromatic heterocycles. The molecule has 1 fully saturated rings. The molecule has 0 aromatic carbocycles. The summed E-state index contributed by atoms with van der Waals surface area (Å²) < 4.78 is 2.58. The molecular formula is C15H25N3. The van der Waals surface area contributed by atoms with Gasteiger partial charge in [-0.2, -0.15) is 0 Å². The summed E-state index contributed by atoms with van der Waals surface area (Å²) >= 11 is 0. The highest BCUT2D eigenvalue weighted by Gasteiger charge is 2.28. The number of aryl methyl sites for hydroxylation is 1. The summed E-state index contributed by atoms with van der Waals surface area (Å²) in [6.45, 7) is 6.72. The zero-order valence-electron chi connectivity index (χ0n) is 11.7. The minimum Gasteiger partial charge on any atom is -0.329 e. The van der Waals surface area contributed by atoms with E-state index in [2.05, 4.69) is 23.7 Å². The van der Waals surface area contributed by atoms with Crippen LogP contribution in [0, 0.1) is 5.92 Å². The van der Waals surface area contributed by atoms with Gasteiger partial charge in [0.2, 0.25) is 0 Å². The van der Waals surface area contributed by atoms with Gasteiger partial charge in [-0.3, -0.25) is 0 Å². The number of fused-ring (bicyclic) bond motifs is 1. The third-order valence-electron chi connectivity index (χ3n) is 4.28. The highest BCUT2D eigenvalue weighted by Crippen LogP contribution is 2.38. The molecule has 0 amide bonds. The number of imidazole rings is 1. The first kappa shape index (κ1) is 12.2. The van der Waals surface area contributed by atoms with Crippen molar-refractivity contribution in [1.82, 2.24) is 14.9 Å². The van der Waals surface area contributed by atoms with Crippen LogP contribution in [0.4, 0.5) is 0 Å². The topological polar surface area (TPSA) is 29.9 Å². The van der Waals surface area contributed by atoms with E-state index >= 15 is 0 Å². The monoisotopic (exact) mass is 247 g/mol. The fourth-order valence-corrected chi connectivity index (χ4v) is 3.25. The van der Waals surface area contributed by atoms with Crippen LogP contribution in [0.3, 0.4) is 0 Å². The Morgan fingerprint density at radius 2 is 2.28 bits per heavy atom. The predicted molar refractivity (Wildman–Crippen MR) is 73.7 cm³/mol. The number of nitrogens with one attached hydrogen (secondary N) is 1. The molecule has 3 heteroatoms. The lowest BCUT2D eigenvalue weighted by atomic mass is 10.1. The molecule has 1 aliphatic carbocycles. The van der Waals surface area contributed by atoms with E-state index in [-0.39, 0.29) is 0 Å². The van der Waals surface area contributed by atoms with Crippen molar-refractivity contribution in [2.45, 2.75) is 65.0 Å². The Hall–Kier alpha value is -0.830. The van der Waals surface area contributed by atoms with Gasteiger partial charge in [0.05, 0.1) is 5.69 Å². The van der Waals surface area contributed by atoms with E-state index in [0.717, 1.165) is 31.8 Å². The first-order chi connectivity index (χ1) is 8.79. The third-order valence-corrected chi connectivity index (χ3v) is 4.28. The molecule has 0 bridgehead atoms. The summed E-state index contributed by atoms with van der Waals surface area (Å²) in [5.74, 6) is 2.33. The molecule has 1 aromatic rings. The number of hydrogen-bond donors (Lipinski definition) is 1. The number of rotatable bonds is 5. The van der Waals surface area contributed by atoms with Gasteiger partial charge in [-0.15, -0.1) is 0 Å². The van der Waals surface area contributed by atoms with Gasteiger partial charge in [0.15, 0.2) is 0 Å². The van der Waals surface area contributed by atoms with Gasteiger partial charge in [-0.05, 0) is 25.7 Å². The van der Waals surface area contributed by atoms with E-state index in [1.165, 1.54) is 42.9 Å². The number of aromatic nitrogens is 2. The standard InChI is InChI=1S/C15H25N3/c1-3-4-15-17-13-10-16-8-7-14(13)18(15)11(2)9-12-5-6-12/h11-12,16H,3-10H2,1-2H3. The molecule has 3 rings (SSSR count). The summed E-state index contributed by atoms with van der Waals surface area (Å²) in [6.07, 6.45) is 7.73. The molecule has 100 valence electrons. The van der Waals surface area contributed by atoms with E-state index in [9.17, 15) is 0 Å². The quantitative estimate of drug-likeness (QED) is 0.867. The Balaban J connectivity index is 1.89. The molecule has 3 nitrogen and oxygen atoms in total. The Labute approximate surface area is 110 Å². The van der Waals surface area contributed by atoms with Gasteiger partial charge in [0, 0.05) is 37.7 Å². The average Bonchev–Trinajstić information content (AvgIpc) is 3.09. The smallest absolute Gasteiger partial charge is 0.109 e. The maximum Gasteiger partial charge on any atom is 0.109 e. The Kier molecular flexibility index (Phi) is 3.42. The van der Waals surface area contributed by atoms with Crippen molar-refractivity contribution in [2.75, 3.05) is 6.54 Å². The van der Waals surface area contributed by atoms with Crippen LogP contribution in [0.2, 0.25) is 0 Å². The molecule has 1 aliphatic heterocycles. The largest absolute Gasteiger partial charge is 0.329 e. The number of nitrogens with zero attached hydrogens (tertiary/aromatic N) is 2. The van der Waals surface area contributed by atoms with Crippen LogP contribution in [-0.2, 0) is 19.4 Å². The molecule has 2 aliphatic rings. The predicted octanol–water partition coefficient (Wildman–Crippen LogP) is 2.84. The van der Waals surface area contributed by atoms with E-state index in [0.29, 0.717) is 6.04 Å². The normalized spacial score (nSPS) is 20.8. The second kappa shape index (κ2) is 5.04. The van der Waals surface area contributed by atoms with Crippen LogP contribution in [0.15, 0.2) is 0 Å². The van der Waals surface area contributed by atoms with Crippen LogP contribution >= 0.6 is 0 Å². The SMILES string of the molecule is CCCc1nc2c(n1C(C)CC1CC1)CCNC2. The molecular weight excluding hydrogens is 222 g/mol. The average molecular weight is 247 g/mol. The van der Waals surface area contributed by atoms with Crippen LogP contribution in [0.5, 0.6) is 0 Å². The van der Waals surface area contributed by atoms with Gasteiger partial charge in [-0.25, -0.2) is 4.98 Å². The molecule has 2 heterocycles. The second-order valence-corrected chi connectivity index (χ2v) is 6.00. The van der Waals surface area contributed by atoms with Gasteiger partial charge >= 0.3 is 0 Å². The van der Waals surface area contributed by atoms with Crippen molar-refractivity contribution in [1.29, 1.82) is 0 Å². The van der Waals surface area contributed by atoms with Crippen LogP contribution in [0.1, 0.15) is 62.8 Å². The lowest BCUT2D eigenvalue weighted by Crippen LogP contribution is -2.26. The molecule has 0 spiro atoms. The summed E-state index contributed by atoms with van der Waals surface area (Å²) in [5.41, 5.74) is 2.83. The molecule has 1 atom stereocenters. The summed E-state index contributed by atoms with van der Waals surface area (Å²) in [4.78, 5) is 4.89.